The van der Waals surface area contributed by atoms with Gasteiger partial charge >= 0.3 is 6.18 Å². The van der Waals surface area contributed by atoms with Crippen molar-refractivity contribution in [2.24, 2.45) is 14.1 Å². The average molecular weight is 454 g/mol. The van der Waals surface area contributed by atoms with Crippen LogP contribution in [0.4, 0.5) is 13.2 Å². The summed E-state index contributed by atoms with van der Waals surface area (Å²) in [5, 5.41) is 8.45. The number of carbonyl (C=O) groups excluding carboxylic acids is 1. The van der Waals surface area contributed by atoms with Gasteiger partial charge in [0.2, 0.25) is 0 Å². The fraction of sp³-hybridized carbons (Fsp3) is 0.350. The van der Waals surface area contributed by atoms with Gasteiger partial charge in [-0.2, -0.15) is 23.4 Å². The molecular formula is C20H19ClF3N5O2. The van der Waals surface area contributed by atoms with Crippen molar-refractivity contribution >= 4 is 17.5 Å². The van der Waals surface area contributed by atoms with Gasteiger partial charge in [0, 0.05) is 36.8 Å². The van der Waals surface area contributed by atoms with Gasteiger partial charge in [-0.15, -0.1) is 0 Å². The van der Waals surface area contributed by atoms with Gasteiger partial charge in [0.05, 0.1) is 30.7 Å². The lowest BCUT2D eigenvalue weighted by Gasteiger charge is -2.27. The summed E-state index contributed by atoms with van der Waals surface area (Å²) in [6, 6.07) is 5.82. The number of methoxy groups -OCH3 is 1. The second-order valence-electron chi connectivity index (χ2n) is 7.29. The Bertz CT molecular complexity index is 1170. The Labute approximate surface area is 181 Å². The standard InChI is InChI=1S/C20H19ClF3N5O2/c1-27-16(9-17(26-27)20(22,23)24)18-14-4-5-29(10-15(14)25-28(18)2)19(30)11-6-12(21)8-13(7-11)31-3/h6-9H,4-5,10H2,1-3H3. The maximum Gasteiger partial charge on any atom is 0.435 e. The van der Waals surface area contributed by atoms with Gasteiger partial charge in [-0.25, -0.2) is 0 Å². The lowest BCUT2D eigenvalue weighted by atomic mass is 10.0. The molecule has 0 saturated heterocycles. The Kier molecular flexibility index (Phi) is 5.20. The summed E-state index contributed by atoms with van der Waals surface area (Å²) < 4.78 is 47.2. The van der Waals surface area contributed by atoms with Crippen molar-refractivity contribution in [3.05, 3.63) is 51.8 Å². The summed E-state index contributed by atoms with van der Waals surface area (Å²) in [5.74, 6) is 0.254. The Morgan fingerprint density at radius 3 is 2.52 bits per heavy atom. The van der Waals surface area contributed by atoms with Crippen molar-refractivity contribution in [3.63, 3.8) is 0 Å². The zero-order valence-corrected chi connectivity index (χ0v) is 17.8. The number of carbonyl (C=O) groups is 1. The van der Waals surface area contributed by atoms with E-state index in [-0.39, 0.29) is 12.5 Å². The number of aromatic nitrogens is 4. The number of benzene rings is 1. The van der Waals surface area contributed by atoms with Gasteiger partial charge in [-0.05, 0) is 30.7 Å². The van der Waals surface area contributed by atoms with Crippen molar-refractivity contribution in [2.75, 3.05) is 13.7 Å². The molecule has 0 aliphatic carbocycles. The number of aryl methyl sites for hydroxylation is 2. The molecule has 3 aromatic rings. The molecule has 3 heterocycles. The SMILES string of the molecule is COc1cc(Cl)cc(C(=O)N2CCc3c(nn(C)c3-c3cc(C(F)(F)F)nn3C)C2)c1. The number of nitrogens with zero attached hydrogens (tertiary/aromatic N) is 5. The molecule has 31 heavy (non-hydrogen) atoms. The van der Waals surface area contributed by atoms with E-state index in [0.717, 1.165) is 11.6 Å². The zero-order chi connectivity index (χ0) is 22.5. The molecule has 1 aromatic carbocycles. The van der Waals surface area contributed by atoms with Crippen molar-refractivity contribution in [2.45, 2.75) is 19.1 Å². The van der Waals surface area contributed by atoms with Crippen LogP contribution in [-0.2, 0) is 33.2 Å². The third kappa shape index (κ3) is 3.87. The minimum Gasteiger partial charge on any atom is -0.497 e. The van der Waals surface area contributed by atoms with Gasteiger partial charge in [-0.1, -0.05) is 11.6 Å². The van der Waals surface area contributed by atoms with E-state index in [1.54, 1.807) is 30.1 Å². The van der Waals surface area contributed by atoms with Gasteiger partial charge in [0.15, 0.2) is 5.69 Å². The van der Waals surface area contributed by atoms with E-state index in [9.17, 15) is 18.0 Å². The number of rotatable bonds is 3. The first-order valence-corrected chi connectivity index (χ1v) is 9.76. The van der Waals surface area contributed by atoms with Crippen molar-refractivity contribution in [1.82, 2.24) is 24.5 Å². The van der Waals surface area contributed by atoms with Crippen LogP contribution in [0.25, 0.3) is 11.4 Å². The van der Waals surface area contributed by atoms with Crippen LogP contribution >= 0.6 is 11.6 Å². The highest BCUT2D eigenvalue weighted by Crippen LogP contribution is 2.35. The first kappa shape index (κ1) is 21.2. The van der Waals surface area contributed by atoms with E-state index in [1.165, 1.54) is 23.5 Å². The highest BCUT2D eigenvalue weighted by Gasteiger charge is 2.36. The second kappa shape index (κ2) is 7.60. The van der Waals surface area contributed by atoms with Crippen LogP contribution in [0, 0.1) is 0 Å². The van der Waals surface area contributed by atoms with Crippen LogP contribution in [0.2, 0.25) is 5.02 Å². The molecule has 0 radical (unpaired) electrons. The Morgan fingerprint density at radius 2 is 1.87 bits per heavy atom. The molecule has 0 unspecified atom stereocenters. The molecule has 1 aliphatic heterocycles. The van der Waals surface area contributed by atoms with E-state index in [4.69, 9.17) is 16.3 Å². The molecule has 1 aliphatic rings. The molecule has 11 heteroatoms. The maximum absolute atomic E-state index is 13.1. The largest absolute Gasteiger partial charge is 0.497 e. The van der Waals surface area contributed by atoms with E-state index in [2.05, 4.69) is 10.2 Å². The Morgan fingerprint density at radius 1 is 1.13 bits per heavy atom. The molecule has 0 fully saturated rings. The second-order valence-corrected chi connectivity index (χ2v) is 7.73. The van der Waals surface area contributed by atoms with Crippen molar-refractivity contribution < 1.29 is 22.7 Å². The zero-order valence-electron chi connectivity index (χ0n) is 17.0. The molecule has 4 rings (SSSR count). The summed E-state index contributed by atoms with van der Waals surface area (Å²) in [7, 11) is 4.63. The summed E-state index contributed by atoms with van der Waals surface area (Å²) in [6.07, 6.45) is -4.08. The van der Waals surface area contributed by atoms with Crippen LogP contribution in [0.15, 0.2) is 24.3 Å². The van der Waals surface area contributed by atoms with Gasteiger partial charge in [0.1, 0.15) is 5.75 Å². The van der Waals surface area contributed by atoms with Crippen molar-refractivity contribution in [1.29, 1.82) is 0 Å². The van der Waals surface area contributed by atoms with Crippen LogP contribution in [0.5, 0.6) is 5.75 Å². The fourth-order valence-corrected chi connectivity index (χ4v) is 4.05. The third-order valence-electron chi connectivity index (χ3n) is 5.25. The van der Waals surface area contributed by atoms with E-state index >= 15 is 0 Å². The van der Waals surface area contributed by atoms with Crippen LogP contribution < -0.4 is 4.74 Å². The number of ether oxygens (including phenoxy) is 1. The topological polar surface area (TPSA) is 65.2 Å². The molecule has 0 atom stereocenters. The summed E-state index contributed by atoms with van der Waals surface area (Å²) in [4.78, 5) is 14.6. The number of amides is 1. The third-order valence-corrected chi connectivity index (χ3v) is 5.47. The number of alkyl halides is 3. The number of fused-ring (bicyclic) bond motifs is 1. The summed E-state index contributed by atoms with van der Waals surface area (Å²) in [5.41, 5.74) is 1.78. The highest BCUT2D eigenvalue weighted by molar-refractivity contribution is 6.31. The molecule has 1 amide bonds. The van der Waals surface area contributed by atoms with E-state index < -0.39 is 11.9 Å². The minimum atomic E-state index is -4.53. The molecule has 7 nitrogen and oxygen atoms in total. The lowest BCUT2D eigenvalue weighted by Crippen LogP contribution is -2.36. The number of hydrogen-bond acceptors (Lipinski definition) is 4. The Hall–Kier alpha value is -3.01. The van der Waals surface area contributed by atoms with Gasteiger partial charge in [-0.3, -0.25) is 14.2 Å². The Balaban J connectivity index is 1.65. The number of hydrogen-bond donors (Lipinski definition) is 0. The highest BCUT2D eigenvalue weighted by atomic mass is 35.5. The van der Waals surface area contributed by atoms with Crippen molar-refractivity contribution in [3.8, 4) is 17.1 Å². The van der Waals surface area contributed by atoms with E-state index in [1.807, 2.05) is 0 Å². The molecule has 0 bridgehead atoms. The monoisotopic (exact) mass is 453 g/mol. The first-order chi connectivity index (χ1) is 14.6. The quantitative estimate of drug-likeness (QED) is 0.606. The fourth-order valence-electron chi connectivity index (χ4n) is 3.83. The summed E-state index contributed by atoms with van der Waals surface area (Å²) >= 11 is 6.08. The van der Waals surface area contributed by atoms with Crippen LogP contribution in [-0.4, -0.2) is 44.0 Å². The summed E-state index contributed by atoms with van der Waals surface area (Å²) in [6.45, 7) is 0.629. The molecular weight excluding hydrogens is 435 g/mol. The first-order valence-electron chi connectivity index (χ1n) is 9.38. The lowest BCUT2D eigenvalue weighted by molar-refractivity contribution is -0.141. The van der Waals surface area contributed by atoms with Crippen LogP contribution in [0.3, 0.4) is 0 Å². The van der Waals surface area contributed by atoms with Gasteiger partial charge < -0.3 is 9.64 Å². The predicted molar refractivity (Wildman–Crippen MR) is 107 cm³/mol. The predicted octanol–water partition coefficient (Wildman–Crippen LogP) is 3.70. The van der Waals surface area contributed by atoms with E-state index in [0.29, 0.717) is 46.4 Å². The molecule has 0 saturated carbocycles. The maximum atomic E-state index is 13.1. The number of halogens is 4. The normalized spacial score (nSPS) is 14.0. The minimum absolute atomic E-state index is 0.224. The molecule has 0 spiro atoms. The average Bonchev–Trinajstić information content (AvgIpc) is 3.24. The molecule has 164 valence electrons. The smallest absolute Gasteiger partial charge is 0.435 e. The van der Waals surface area contributed by atoms with Crippen LogP contribution in [0.1, 0.15) is 27.3 Å². The molecule has 0 N–H and O–H groups in total. The van der Waals surface area contributed by atoms with Gasteiger partial charge in [0.25, 0.3) is 5.91 Å². The molecule has 2 aromatic heterocycles.